The molecule has 0 bridgehead atoms. The number of aliphatic hydroxyl groups excluding tert-OH is 2. The van der Waals surface area contributed by atoms with Crippen molar-refractivity contribution in [2.45, 2.75) is 25.6 Å². The zero-order valence-electron chi connectivity index (χ0n) is 11.3. The van der Waals surface area contributed by atoms with Gasteiger partial charge in [-0.1, -0.05) is 12.1 Å². The van der Waals surface area contributed by atoms with Crippen molar-refractivity contribution in [2.75, 3.05) is 24.6 Å². The van der Waals surface area contributed by atoms with Crippen molar-refractivity contribution in [1.82, 2.24) is 0 Å². The molecule has 1 aromatic carbocycles. The summed E-state index contributed by atoms with van der Waals surface area (Å²) < 4.78 is 0. The lowest BCUT2D eigenvalue weighted by Gasteiger charge is -2.26. The van der Waals surface area contributed by atoms with E-state index in [9.17, 15) is 15.0 Å². The summed E-state index contributed by atoms with van der Waals surface area (Å²) >= 11 is 0. The van der Waals surface area contributed by atoms with Crippen LogP contribution < -0.4 is 4.90 Å². The van der Waals surface area contributed by atoms with Gasteiger partial charge in [-0.05, 0) is 31.5 Å². The molecule has 2 unspecified atom stereocenters. The van der Waals surface area contributed by atoms with Crippen molar-refractivity contribution in [1.29, 1.82) is 0 Å². The Kier molecular flexibility index (Phi) is 5.47. The Morgan fingerprint density at radius 3 is 2.16 bits per heavy atom. The van der Waals surface area contributed by atoms with E-state index in [2.05, 4.69) is 4.90 Å². The Bertz CT molecular complexity index is 402. The van der Waals surface area contributed by atoms with Crippen molar-refractivity contribution >= 4 is 12.0 Å². The highest BCUT2D eigenvalue weighted by Crippen LogP contribution is 2.26. The average molecular weight is 267 g/mol. The second-order valence-electron chi connectivity index (χ2n) is 4.43. The number of nitrogens with zero attached hydrogens (tertiary/aromatic N) is 1. The molecule has 1 rings (SSSR count). The lowest BCUT2D eigenvalue weighted by Crippen LogP contribution is -2.41. The quantitative estimate of drug-likeness (QED) is 0.626. The number of aldehydes is 1. The van der Waals surface area contributed by atoms with Crippen LogP contribution in [0, 0.1) is 0 Å². The van der Waals surface area contributed by atoms with Crippen LogP contribution >= 0.6 is 0 Å². The van der Waals surface area contributed by atoms with Crippen LogP contribution in [-0.2, 0) is 4.79 Å². The summed E-state index contributed by atoms with van der Waals surface area (Å²) in [5, 5.41) is 28.7. The molecule has 0 aromatic heterocycles. The fourth-order valence-corrected chi connectivity index (χ4v) is 1.93. The van der Waals surface area contributed by atoms with Gasteiger partial charge >= 0.3 is 0 Å². The second kappa shape index (κ2) is 6.65. The van der Waals surface area contributed by atoms with E-state index < -0.39 is 18.3 Å². The topological polar surface area (TPSA) is 81.0 Å². The van der Waals surface area contributed by atoms with Crippen LogP contribution in [0.25, 0.3) is 0 Å². The molecule has 106 valence electrons. The highest BCUT2D eigenvalue weighted by atomic mass is 16.4. The molecule has 0 aliphatic heterocycles. The van der Waals surface area contributed by atoms with E-state index in [1.54, 1.807) is 12.1 Å². The smallest absolute Gasteiger partial charge is 0.172 e. The maximum absolute atomic E-state index is 10.8. The predicted octanol–water partition coefficient (Wildman–Crippen LogP) is 0.488. The minimum Gasteiger partial charge on any atom is -0.393 e. The normalized spacial score (nSPS) is 15.6. The summed E-state index contributed by atoms with van der Waals surface area (Å²) in [7, 11) is 0. The number of hydrogen-bond donors (Lipinski definition) is 3. The standard InChI is InChI=1S/C14H21NO4/c1-3-15(4-2)12-7-5-11(6-8-12)13(18)14(19,9-16)10-17/h5-9,13,17-19H,3-4,10H2,1-2H3. The lowest BCUT2D eigenvalue weighted by atomic mass is 9.93. The van der Waals surface area contributed by atoms with Gasteiger partial charge < -0.3 is 20.2 Å². The first-order chi connectivity index (χ1) is 9.02. The van der Waals surface area contributed by atoms with Gasteiger partial charge in [-0.15, -0.1) is 0 Å². The van der Waals surface area contributed by atoms with Crippen LogP contribution in [-0.4, -0.2) is 46.9 Å². The van der Waals surface area contributed by atoms with Crippen molar-refractivity contribution < 1.29 is 20.1 Å². The zero-order valence-corrected chi connectivity index (χ0v) is 11.3. The number of carbonyl (C=O) groups is 1. The third-order valence-electron chi connectivity index (χ3n) is 3.27. The fourth-order valence-electron chi connectivity index (χ4n) is 1.93. The summed E-state index contributed by atoms with van der Waals surface area (Å²) in [6.45, 7) is 5.00. The molecule has 0 saturated heterocycles. The summed E-state index contributed by atoms with van der Waals surface area (Å²) in [6.07, 6.45) is -1.28. The Balaban J connectivity index is 2.95. The molecule has 3 N–H and O–H groups in total. The molecule has 0 heterocycles. The second-order valence-corrected chi connectivity index (χ2v) is 4.43. The Morgan fingerprint density at radius 1 is 1.26 bits per heavy atom. The van der Waals surface area contributed by atoms with Gasteiger partial charge in [0.15, 0.2) is 11.9 Å². The third kappa shape index (κ3) is 3.32. The fraction of sp³-hybridized carbons (Fsp3) is 0.500. The van der Waals surface area contributed by atoms with Gasteiger partial charge in [0, 0.05) is 18.8 Å². The first-order valence-electron chi connectivity index (χ1n) is 6.34. The van der Waals surface area contributed by atoms with E-state index in [0.717, 1.165) is 18.8 Å². The molecule has 0 amide bonds. The highest BCUT2D eigenvalue weighted by molar-refractivity contribution is 5.64. The zero-order chi connectivity index (χ0) is 14.5. The molecule has 0 aliphatic carbocycles. The van der Waals surface area contributed by atoms with Crippen LogP contribution in [0.2, 0.25) is 0 Å². The van der Waals surface area contributed by atoms with Gasteiger partial charge in [0.1, 0.15) is 6.10 Å². The lowest BCUT2D eigenvalue weighted by molar-refractivity contribution is -0.145. The maximum atomic E-state index is 10.8. The molecule has 0 aliphatic rings. The van der Waals surface area contributed by atoms with Gasteiger partial charge in [-0.2, -0.15) is 0 Å². The van der Waals surface area contributed by atoms with Crippen LogP contribution in [0.1, 0.15) is 25.5 Å². The van der Waals surface area contributed by atoms with E-state index in [1.165, 1.54) is 0 Å². The van der Waals surface area contributed by atoms with E-state index in [4.69, 9.17) is 5.11 Å². The van der Waals surface area contributed by atoms with Crippen LogP contribution in [0.15, 0.2) is 24.3 Å². The Labute approximate surface area is 113 Å². The molecule has 0 fully saturated rings. The molecule has 5 heteroatoms. The molecule has 0 spiro atoms. The number of hydrogen-bond acceptors (Lipinski definition) is 5. The summed E-state index contributed by atoms with van der Waals surface area (Å²) in [6, 6.07) is 6.91. The molecular formula is C14H21NO4. The van der Waals surface area contributed by atoms with Gasteiger partial charge in [0.25, 0.3) is 0 Å². The van der Waals surface area contributed by atoms with Gasteiger partial charge in [-0.3, -0.25) is 4.79 Å². The van der Waals surface area contributed by atoms with Crippen molar-refractivity contribution in [3.05, 3.63) is 29.8 Å². The maximum Gasteiger partial charge on any atom is 0.172 e. The van der Waals surface area contributed by atoms with E-state index in [1.807, 2.05) is 26.0 Å². The Morgan fingerprint density at radius 2 is 1.79 bits per heavy atom. The number of anilines is 1. The molecule has 19 heavy (non-hydrogen) atoms. The number of carbonyl (C=O) groups excluding carboxylic acids is 1. The number of benzene rings is 1. The van der Waals surface area contributed by atoms with E-state index in [0.29, 0.717) is 5.56 Å². The average Bonchev–Trinajstić information content (AvgIpc) is 2.47. The molecule has 0 saturated carbocycles. The first kappa shape index (κ1) is 15.6. The number of rotatable bonds is 7. The largest absolute Gasteiger partial charge is 0.393 e. The predicted molar refractivity (Wildman–Crippen MR) is 73.1 cm³/mol. The van der Waals surface area contributed by atoms with Gasteiger partial charge in [-0.25, -0.2) is 0 Å². The molecule has 0 radical (unpaired) electrons. The minimum absolute atomic E-state index is 0.163. The molecule has 1 aromatic rings. The SMILES string of the molecule is CCN(CC)c1ccc(C(O)C(O)(C=O)CO)cc1. The van der Waals surface area contributed by atoms with Crippen molar-refractivity contribution in [2.24, 2.45) is 0 Å². The minimum atomic E-state index is -2.16. The molecular weight excluding hydrogens is 246 g/mol. The first-order valence-corrected chi connectivity index (χ1v) is 6.34. The van der Waals surface area contributed by atoms with Crippen LogP contribution in [0.3, 0.4) is 0 Å². The van der Waals surface area contributed by atoms with Gasteiger partial charge in [0.05, 0.1) is 6.61 Å². The monoisotopic (exact) mass is 267 g/mol. The molecule has 5 nitrogen and oxygen atoms in total. The summed E-state index contributed by atoms with van der Waals surface area (Å²) in [5.41, 5.74) is -0.768. The highest BCUT2D eigenvalue weighted by Gasteiger charge is 2.35. The third-order valence-corrected chi connectivity index (χ3v) is 3.27. The van der Waals surface area contributed by atoms with Gasteiger partial charge in [0.2, 0.25) is 0 Å². The van der Waals surface area contributed by atoms with Crippen LogP contribution in [0.4, 0.5) is 5.69 Å². The van der Waals surface area contributed by atoms with Crippen molar-refractivity contribution in [3.63, 3.8) is 0 Å². The molecule has 2 atom stereocenters. The van der Waals surface area contributed by atoms with Crippen molar-refractivity contribution in [3.8, 4) is 0 Å². The summed E-state index contributed by atoms with van der Waals surface area (Å²) in [4.78, 5) is 12.9. The Hall–Kier alpha value is -1.43. The van der Waals surface area contributed by atoms with E-state index >= 15 is 0 Å². The van der Waals surface area contributed by atoms with E-state index in [-0.39, 0.29) is 6.29 Å². The number of aliphatic hydroxyl groups is 3. The summed E-state index contributed by atoms with van der Waals surface area (Å²) in [5.74, 6) is 0. The van der Waals surface area contributed by atoms with Crippen LogP contribution in [0.5, 0.6) is 0 Å².